The summed E-state index contributed by atoms with van der Waals surface area (Å²) in [5.74, 6) is 0.436. The highest BCUT2D eigenvalue weighted by atomic mass is 32.2. The predicted molar refractivity (Wildman–Crippen MR) is 114 cm³/mol. The molecule has 7 heteroatoms. The zero-order valence-electron chi connectivity index (χ0n) is 17.2. The molecule has 0 fully saturated rings. The minimum atomic E-state index is -3.68. The fourth-order valence-corrected chi connectivity index (χ4v) is 4.28. The third kappa shape index (κ3) is 4.84. The first-order valence-electron chi connectivity index (χ1n) is 9.10. The van der Waals surface area contributed by atoms with E-state index in [0.29, 0.717) is 11.4 Å². The largest absolute Gasteiger partial charge is 0.497 e. The fraction of sp³-hybridized carbons (Fsp3) is 0.381. The van der Waals surface area contributed by atoms with E-state index in [-0.39, 0.29) is 5.92 Å². The normalized spacial score (nSPS) is 12.5. The third-order valence-electron chi connectivity index (χ3n) is 4.59. The van der Waals surface area contributed by atoms with E-state index in [1.807, 2.05) is 39.0 Å². The molecule has 0 aromatic heterocycles. The number of sulfonamides is 1. The van der Waals surface area contributed by atoms with Crippen LogP contribution in [0.2, 0.25) is 0 Å². The Labute approximate surface area is 167 Å². The number of amides is 1. The van der Waals surface area contributed by atoms with Crippen LogP contribution in [0.4, 0.5) is 11.4 Å². The summed E-state index contributed by atoms with van der Waals surface area (Å²) in [6.07, 6.45) is 1.09. The van der Waals surface area contributed by atoms with Crippen molar-refractivity contribution in [2.24, 2.45) is 0 Å². The number of rotatable bonds is 7. The molecule has 28 heavy (non-hydrogen) atoms. The van der Waals surface area contributed by atoms with Gasteiger partial charge in [0.15, 0.2) is 0 Å². The van der Waals surface area contributed by atoms with Gasteiger partial charge in [0, 0.05) is 5.69 Å². The molecule has 0 aliphatic carbocycles. The molecule has 0 saturated heterocycles. The molecule has 0 aliphatic rings. The minimum absolute atomic E-state index is 0.220. The summed E-state index contributed by atoms with van der Waals surface area (Å²) in [5.41, 5.74) is 3.08. The highest BCUT2D eigenvalue weighted by Gasteiger charge is 2.30. The lowest BCUT2D eigenvalue weighted by Gasteiger charge is -2.29. The topological polar surface area (TPSA) is 75.7 Å². The molecular formula is C21H28N2O4S. The van der Waals surface area contributed by atoms with Gasteiger partial charge in [-0.1, -0.05) is 32.0 Å². The number of methoxy groups -OCH3 is 1. The van der Waals surface area contributed by atoms with Crippen LogP contribution in [0.1, 0.15) is 37.8 Å². The van der Waals surface area contributed by atoms with Gasteiger partial charge in [0.2, 0.25) is 15.9 Å². The third-order valence-corrected chi connectivity index (χ3v) is 5.83. The summed E-state index contributed by atoms with van der Waals surface area (Å²) < 4.78 is 31.1. The summed E-state index contributed by atoms with van der Waals surface area (Å²) in [5, 5.41) is 2.94. The van der Waals surface area contributed by atoms with Crippen LogP contribution in [0.15, 0.2) is 42.5 Å². The average molecular weight is 405 g/mol. The lowest BCUT2D eigenvalue weighted by molar-refractivity contribution is -0.116. The Kier molecular flexibility index (Phi) is 6.72. The molecular weight excluding hydrogens is 376 g/mol. The van der Waals surface area contributed by atoms with Crippen molar-refractivity contribution in [3.05, 3.63) is 53.6 Å². The standard InChI is InChI=1S/C21H28N2O4S/c1-14(2)19-9-7-8-15(3)20(19)22-21(24)16(4)23(28(6,25)26)17-10-12-18(27-5)13-11-17/h7-14,16H,1-6H3,(H,22,24)/t16-/m1/s1. The SMILES string of the molecule is COc1ccc(N([C@H](C)C(=O)Nc2c(C)cccc2C(C)C)S(C)(=O)=O)cc1. The number of anilines is 2. The van der Waals surface area contributed by atoms with Crippen LogP contribution >= 0.6 is 0 Å². The molecule has 2 rings (SSSR count). The van der Waals surface area contributed by atoms with Crippen LogP contribution in [0.3, 0.4) is 0 Å². The Morgan fingerprint density at radius 1 is 1.07 bits per heavy atom. The minimum Gasteiger partial charge on any atom is -0.497 e. The smallest absolute Gasteiger partial charge is 0.248 e. The van der Waals surface area contributed by atoms with Gasteiger partial charge in [-0.3, -0.25) is 9.10 Å². The number of nitrogens with zero attached hydrogens (tertiary/aromatic N) is 1. The first kappa shape index (κ1) is 21.8. The lowest BCUT2D eigenvalue weighted by Crippen LogP contribution is -2.45. The van der Waals surface area contributed by atoms with E-state index in [1.165, 1.54) is 7.11 Å². The van der Waals surface area contributed by atoms with Gasteiger partial charge >= 0.3 is 0 Å². The lowest BCUT2D eigenvalue weighted by atomic mass is 9.98. The zero-order valence-corrected chi connectivity index (χ0v) is 18.0. The van der Waals surface area contributed by atoms with Crippen molar-refractivity contribution in [2.75, 3.05) is 23.0 Å². The van der Waals surface area contributed by atoms with Gasteiger partial charge in [-0.15, -0.1) is 0 Å². The van der Waals surface area contributed by atoms with E-state index in [1.54, 1.807) is 31.2 Å². The van der Waals surface area contributed by atoms with Crippen molar-refractivity contribution in [3.63, 3.8) is 0 Å². The summed E-state index contributed by atoms with van der Waals surface area (Å²) >= 11 is 0. The van der Waals surface area contributed by atoms with Crippen LogP contribution in [0.25, 0.3) is 0 Å². The summed E-state index contributed by atoms with van der Waals surface area (Å²) in [6.45, 7) is 7.60. The molecule has 1 amide bonds. The molecule has 1 atom stereocenters. The maximum atomic E-state index is 13.0. The van der Waals surface area contributed by atoms with E-state index in [9.17, 15) is 13.2 Å². The van der Waals surface area contributed by atoms with Crippen molar-refractivity contribution >= 4 is 27.3 Å². The Balaban J connectivity index is 2.38. The molecule has 0 bridgehead atoms. The van der Waals surface area contributed by atoms with Crippen LogP contribution in [0.5, 0.6) is 5.75 Å². The van der Waals surface area contributed by atoms with Crippen molar-refractivity contribution in [1.82, 2.24) is 0 Å². The molecule has 0 unspecified atom stereocenters. The number of para-hydroxylation sites is 1. The number of hydrogen-bond donors (Lipinski definition) is 1. The maximum absolute atomic E-state index is 13.0. The molecule has 6 nitrogen and oxygen atoms in total. The van der Waals surface area contributed by atoms with Crippen LogP contribution in [0, 0.1) is 6.92 Å². The maximum Gasteiger partial charge on any atom is 0.248 e. The Morgan fingerprint density at radius 2 is 1.68 bits per heavy atom. The van der Waals surface area contributed by atoms with Crippen molar-refractivity contribution in [1.29, 1.82) is 0 Å². The van der Waals surface area contributed by atoms with E-state index < -0.39 is 22.0 Å². The van der Waals surface area contributed by atoms with Gasteiger partial charge in [0.25, 0.3) is 0 Å². The van der Waals surface area contributed by atoms with Gasteiger partial charge in [-0.25, -0.2) is 8.42 Å². The highest BCUT2D eigenvalue weighted by Crippen LogP contribution is 2.29. The van der Waals surface area contributed by atoms with Crippen LogP contribution in [-0.4, -0.2) is 33.7 Å². The Hall–Kier alpha value is -2.54. The number of aryl methyl sites for hydroxylation is 1. The fourth-order valence-electron chi connectivity index (χ4n) is 3.11. The average Bonchev–Trinajstić information content (AvgIpc) is 2.62. The monoisotopic (exact) mass is 404 g/mol. The molecule has 0 spiro atoms. The molecule has 0 saturated carbocycles. The molecule has 0 aliphatic heterocycles. The molecule has 2 aromatic carbocycles. The van der Waals surface area contributed by atoms with E-state index in [2.05, 4.69) is 5.32 Å². The van der Waals surface area contributed by atoms with Crippen molar-refractivity contribution in [3.8, 4) is 5.75 Å². The van der Waals surface area contributed by atoms with Crippen molar-refractivity contribution in [2.45, 2.75) is 39.7 Å². The van der Waals surface area contributed by atoms with Crippen LogP contribution in [-0.2, 0) is 14.8 Å². The summed E-state index contributed by atoms with van der Waals surface area (Å²) in [7, 11) is -2.14. The zero-order chi connectivity index (χ0) is 21.1. The highest BCUT2D eigenvalue weighted by molar-refractivity contribution is 7.92. The van der Waals surface area contributed by atoms with E-state index in [4.69, 9.17) is 4.74 Å². The quantitative estimate of drug-likeness (QED) is 0.759. The molecule has 1 N–H and O–H groups in total. The second kappa shape index (κ2) is 8.65. The molecule has 0 radical (unpaired) electrons. The number of benzene rings is 2. The molecule has 2 aromatic rings. The predicted octanol–water partition coefficient (Wildman–Crippen LogP) is 3.92. The first-order valence-corrected chi connectivity index (χ1v) is 10.9. The summed E-state index contributed by atoms with van der Waals surface area (Å²) in [6, 6.07) is 11.5. The van der Waals surface area contributed by atoms with Crippen molar-refractivity contribution < 1.29 is 17.9 Å². The molecule has 0 heterocycles. The van der Waals surface area contributed by atoms with Crippen LogP contribution < -0.4 is 14.4 Å². The second-order valence-electron chi connectivity index (χ2n) is 7.12. The van der Waals surface area contributed by atoms with Gasteiger partial charge in [-0.2, -0.15) is 0 Å². The van der Waals surface area contributed by atoms with Gasteiger partial charge in [-0.05, 0) is 55.2 Å². The van der Waals surface area contributed by atoms with Gasteiger partial charge < -0.3 is 10.1 Å². The number of hydrogen-bond acceptors (Lipinski definition) is 4. The second-order valence-corrected chi connectivity index (χ2v) is 8.98. The summed E-state index contributed by atoms with van der Waals surface area (Å²) in [4.78, 5) is 13.0. The van der Waals surface area contributed by atoms with Gasteiger partial charge in [0.05, 0.1) is 19.1 Å². The number of carbonyl (C=O) groups is 1. The number of nitrogens with one attached hydrogen (secondary N) is 1. The number of ether oxygens (including phenoxy) is 1. The van der Waals surface area contributed by atoms with E-state index in [0.717, 1.165) is 27.4 Å². The van der Waals surface area contributed by atoms with Gasteiger partial charge in [0.1, 0.15) is 11.8 Å². The Bertz CT molecular complexity index is 937. The first-order chi connectivity index (χ1) is 13.1. The number of carbonyl (C=O) groups excluding carboxylic acids is 1. The van der Waals surface area contributed by atoms with E-state index >= 15 is 0 Å². The Morgan fingerprint density at radius 3 is 2.18 bits per heavy atom. The molecule has 152 valence electrons.